The molecule has 0 saturated carbocycles. The maximum absolute atomic E-state index is 14.7. The van der Waals surface area contributed by atoms with Crippen molar-refractivity contribution in [3.8, 4) is 55.9 Å². The monoisotopic (exact) mass is 586 g/mol. The first-order chi connectivity index (χ1) is 21.6. The molecule has 0 aliphatic carbocycles. The van der Waals surface area contributed by atoms with Crippen molar-refractivity contribution in [1.82, 2.24) is 9.55 Å². The van der Waals surface area contributed by atoms with Crippen molar-refractivity contribution in [2.75, 3.05) is 0 Å². The van der Waals surface area contributed by atoms with Crippen LogP contribution in [0.2, 0.25) is 0 Å². The van der Waals surface area contributed by atoms with Gasteiger partial charge in [-0.05, 0) is 45.5 Å². The summed E-state index contributed by atoms with van der Waals surface area (Å²) in [7, 11) is 0. The first kappa shape index (κ1) is 26.1. The first-order valence-corrected chi connectivity index (χ1v) is 14.7. The molecule has 0 amide bonds. The van der Waals surface area contributed by atoms with Gasteiger partial charge in [0.1, 0.15) is 5.82 Å². The summed E-state index contributed by atoms with van der Waals surface area (Å²) < 4.78 is 1.64. The predicted octanol–water partition coefficient (Wildman–Crippen LogP) is 9.75. The molecule has 5 heteroatoms. The molecule has 0 spiro atoms. The zero-order chi connectivity index (χ0) is 29.8. The number of fused-ring (bicyclic) bond motifs is 5. The number of benzene rings is 6. The Labute approximate surface area is 258 Å². The highest BCUT2D eigenvalue weighted by atomic mass is 35.5. The van der Waals surface area contributed by atoms with Crippen LogP contribution in [0.1, 0.15) is 20.7 Å². The summed E-state index contributed by atoms with van der Waals surface area (Å²) in [5, 5.41) is -0.690. The van der Waals surface area contributed by atoms with Crippen LogP contribution in [0.15, 0.2) is 140 Å². The van der Waals surface area contributed by atoms with Crippen molar-refractivity contribution in [1.29, 1.82) is 0 Å². The molecule has 6 aromatic carbocycles. The molecule has 7 aromatic rings. The van der Waals surface area contributed by atoms with E-state index in [1.807, 2.05) is 140 Å². The van der Waals surface area contributed by atoms with Crippen LogP contribution < -0.4 is 0 Å². The summed E-state index contributed by atoms with van der Waals surface area (Å²) >= 11 is 6.48. The van der Waals surface area contributed by atoms with E-state index in [4.69, 9.17) is 16.6 Å². The van der Waals surface area contributed by atoms with E-state index in [1.165, 1.54) is 0 Å². The zero-order valence-corrected chi connectivity index (χ0v) is 24.1. The molecule has 0 N–H and O–H groups in total. The Hall–Kier alpha value is -5.58. The number of carbonyl (C=O) groups excluding carboxylic acids is 2. The normalized spacial score (nSPS) is 11.9. The second-order valence-electron chi connectivity index (χ2n) is 10.7. The fourth-order valence-electron chi connectivity index (χ4n) is 6.50. The van der Waals surface area contributed by atoms with Crippen LogP contribution in [0, 0.1) is 0 Å². The van der Waals surface area contributed by atoms with E-state index in [0.717, 1.165) is 44.5 Å². The number of halogens is 1. The number of hydrogen-bond donors (Lipinski definition) is 0. The average molecular weight is 587 g/mol. The summed E-state index contributed by atoms with van der Waals surface area (Å²) in [6, 6.07) is 45.5. The lowest BCUT2D eigenvalue weighted by Gasteiger charge is -2.22. The molecular weight excluding hydrogens is 564 g/mol. The van der Waals surface area contributed by atoms with Gasteiger partial charge in [-0.1, -0.05) is 133 Å². The van der Waals surface area contributed by atoms with E-state index >= 15 is 0 Å². The van der Waals surface area contributed by atoms with Crippen LogP contribution in [0.25, 0.3) is 66.9 Å². The Morgan fingerprint density at radius 2 is 1.00 bits per heavy atom. The number of hydrogen-bond acceptors (Lipinski definition) is 3. The van der Waals surface area contributed by atoms with Gasteiger partial charge in [0, 0.05) is 22.3 Å². The van der Waals surface area contributed by atoms with Crippen molar-refractivity contribution < 1.29 is 9.59 Å². The third-order valence-electron chi connectivity index (χ3n) is 8.29. The van der Waals surface area contributed by atoms with Gasteiger partial charge in [-0.15, -0.1) is 0 Å². The zero-order valence-electron chi connectivity index (χ0n) is 23.4. The van der Waals surface area contributed by atoms with Gasteiger partial charge in [0.15, 0.2) is 0 Å². The van der Waals surface area contributed by atoms with Gasteiger partial charge in [0.25, 0.3) is 11.1 Å². The number of nitrogens with zero attached hydrogens (tertiary/aromatic N) is 2. The fourth-order valence-corrected chi connectivity index (χ4v) is 6.69. The molecule has 0 atom stereocenters. The number of carbonyl (C=O) groups is 2. The van der Waals surface area contributed by atoms with Gasteiger partial charge in [-0.3, -0.25) is 14.2 Å². The number of para-hydroxylation sites is 1. The SMILES string of the molecule is O=C(Cl)c1c2c(c(-c3ccccc3)c(-c3ccccc3)c1-c1ccccc1)-c1nc3c(-c4ccccc4)cccc3n1C2=O. The maximum atomic E-state index is 14.7. The third-order valence-corrected chi connectivity index (χ3v) is 8.48. The van der Waals surface area contributed by atoms with Crippen LogP contribution in [-0.2, 0) is 0 Å². The first-order valence-electron chi connectivity index (χ1n) is 14.4. The number of imidazole rings is 1. The molecule has 1 aliphatic rings. The van der Waals surface area contributed by atoms with Crippen molar-refractivity contribution in [3.05, 3.63) is 151 Å². The number of rotatable bonds is 5. The van der Waals surface area contributed by atoms with E-state index in [1.54, 1.807) is 4.57 Å². The average Bonchev–Trinajstić information content (AvgIpc) is 3.60. The van der Waals surface area contributed by atoms with E-state index in [0.29, 0.717) is 22.5 Å². The lowest BCUT2D eigenvalue weighted by molar-refractivity contribution is 0.0965. The largest absolute Gasteiger partial charge is 0.276 e. The van der Waals surface area contributed by atoms with E-state index in [-0.39, 0.29) is 17.0 Å². The van der Waals surface area contributed by atoms with Gasteiger partial charge in [-0.25, -0.2) is 4.98 Å². The van der Waals surface area contributed by atoms with Crippen LogP contribution >= 0.6 is 11.6 Å². The molecule has 0 unspecified atom stereocenters. The smallest absolute Gasteiger partial charge is 0.265 e. The summed E-state index contributed by atoms with van der Waals surface area (Å²) in [4.78, 5) is 33.4. The van der Waals surface area contributed by atoms with Crippen LogP contribution in [-0.4, -0.2) is 20.7 Å². The Balaban J connectivity index is 1.58. The summed E-state index contributed by atoms with van der Waals surface area (Å²) in [5.74, 6) is 0.180. The topological polar surface area (TPSA) is 52.0 Å². The van der Waals surface area contributed by atoms with Crippen LogP contribution in [0.5, 0.6) is 0 Å². The van der Waals surface area contributed by atoms with Gasteiger partial charge in [-0.2, -0.15) is 0 Å². The highest BCUT2D eigenvalue weighted by molar-refractivity contribution is 6.69. The molecule has 44 heavy (non-hydrogen) atoms. The molecule has 8 rings (SSSR count). The second-order valence-corrected chi connectivity index (χ2v) is 11.1. The second kappa shape index (κ2) is 10.3. The number of aromatic nitrogens is 2. The Bertz CT molecular complexity index is 2240. The Morgan fingerprint density at radius 3 is 1.52 bits per heavy atom. The Morgan fingerprint density at radius 1 is 0.523 bits per heavy atom. The van der Waals surface area contributed by atoms with Gasteiger partial charge in [0.2, 0.25) is 0 Å². The van der Waals surface area contributed by atoms with Crippen LogP contribution in [0.3, 0.4) is 0 Å². The molecule has 1 aromatic heterocycles. The van der Waals surface area contributed by atoms with Crippen LogP contribution in [0.4, 0.5) is 0 Å². The van der Waals surface area contributed by atoms with Gasteiger partial charge >= 0.3 is 0 Å². The molecule has 0 saturated heterocycles. The van der Waals surface area contributed by atoms with E-state index in [2.05, 4.69) is 0 Å². The minimum absolute atomic E-state index is 0.189. The molecular formula is C39H23ClN2O2. The maximum Gasteiger partial charge on any atom is 0.265 e. The minimum atomic E-state index is -0.690. The highest BCUT2D eigenvalue weighted by Gasteiger charge is 2.40. The van der Waals surface area contributed by atoms with E-state index in [9.17, 15) is 9.59 Å². The quantitative estimate of drug-likeness (QED) is 0.189. The highest BCUT2D eigenvalue weighted by Crippen LogP contribution is 2.53. The fraction of sp³-hybridized carbons (Fsp3) is 0. The van der Waals surface area contributed by atoms with Gasteiger partial charge in [0.05, 0.1) is 22.2 Å². The summed E-state index contributed by atoms with van der Waals surface area (Å²) in [6.07, 6.45) is 0. The summed E-state index contributed by atoms with van der Waals surface area (Å²) in [6.45, 7) is 0. The van der Waals surface area contributed by atoms with E-state index < -0.39 is 5.24 Å². The molecule has 2 heterocycles. The Kier molecular flexibility index (Phi) is 6.10. The molecule has 0 fully saturated rings. The van der Waals surface area contributed by atoms with Crippen molar-refractivity contribution in [2.24, 2.45) is 0 Å². The standard InChI is InChI=1S/C39H23ClN2O2/c40-37(43)33-31(26-18-9-3-10-19-26)30(25-16-7-2-8-17-25)32(27-20-11-4-12-21-27)34-35(33)39(44)42-29-23-13-22-28(36(29)41-38(34)42)24-14-5-1-6-15-24/h1-23H. The molecule has 0 radical (unpaired) electrons. The third kappa shape index (κ3) is 3.89. The van der Waals surface area contributed by atoms with Crippen molar-refractivity contribution in [2.45, 2.75) is 0 Å². The lowest BCUT2D eigenvalue weighted by atomic mass is 9.79. The molecule has 0 bridgehead atoms. The predicted molar refractivity (Wildman–Crippen MR) is 177 cm³/mol. The van der Waals surface area contributed by atoms with Gasteiger partial charge < -0.3 is 0 Å². The minimum Gasteiger partial charge on any atom is -0.276 e. The molecule has 4 nitrogen and oxygen atoms in total. The summed E-state index contributed by atoms with van der Waals surface area (Å²) in [5.41, 5.74) is 9.29. The van der Waals surface area contributed by atoms with Crippen molar-refractivity contribution >= 4 is 33.8 Å². The lowest BCUT2D eigenvalue weighted by Crippen LogP contribution is -2.12. The molecule has 208 valence electrons. The molecule has 1 aliphatic heterocycles. The van der Waals surface area contributed by atoms with Crippen molar-refractivity contribution in [3.63, 3.8) is 0 Å².